The second-order valence-corrected chi connectivity index (χ2v) is 7.34. The number of piperidine rings is 1. The fraction of sp³-hybridized carbons (Fsp3) is 0.625. The molecule has 0 amide bonds. The van der Waals surface area contributed by atoms with Crippen LogP contribution in [0.15, 0.2) is 16.6 Å². The Morgan fingerprint density at radius 3 is 2.86 bits per heavy atom. The molecule has 0 radical (unpaired) electrons. The van der Waals surface area contributed by atoms with Crippen LogP contribution in [0, 0.1) is 5.82 Å². The topological polar surface area (TPSA) is 6.48 Å². The molecule has 2 fully saturated rings. The Kier molecular flexibility index (Phi) is 4.77. The third-order valence-electron chi connectivity index (χ3n) is 4.78. The molecular weight excluding hydrogens is 355 g/mol. The molecule has 21 heavy (non-hydrogen) atoms. The molecular formula is C16H21BrClFN2. The van der Waals surface area contributed by atoms with E-state index in [1.54, 1.807) is 0 Å². The van der Waals surface area contributed by atoms with Gasteiger partial charge in [0.05, 0.1) is 10.7 Å². The number of rotatable bonds is 2. The Morgan fingerprint density at radius 2 is 2.14 bits per heavy atom. The third kappa shape index (κ3) is 3.08. The van der Waals surface area contributed by atoms with E-state index in [9.17, 15) is 4.39 Å². The van der Waals surface area contributed by atoms with Crippen LogP contribution in [0.4, 0.5) is 10.1 Å². The van der Waals surface area contributed by atoms with E-state index in [2.05, 4.69) is 32.7 Å². The molecule has 1 aromatic carbocycles. The minimum absolute atomic E-state index is 0.292. The molecule has 2 aliphatic heterocycles. The van der Waals surface area contributed by atoms with E-state index in [1.807, 2.05) is 0 Å². The molecule has 0 spiro atoms. The summed E-state index contributed by atoms with van der Waals surface area (Å²) in [6.07, 6.45) is 4.95. The van der Waals surface area contributed by atoms with Gasteiger partial charge in [0.25, 0.3) is 0 Å². The highest BCUT2D eigenvalue weighted by molar-refractivity contribution is 9.10. The highest BCUT2D eigenvalue weighted by Crippen LogP contribution is 2.39. The molecule has 2 heterocycles. The summed E-state index contributed by atoms with van der Waals surface area (Å²) < 4.78 is 14.2. The van der Waals surface area contributed by atoms with Crippen LogP contribution < -0.4 is 4.90 Å². The van der Waals surface area contributed by atoms with Crippen LogP contribution in [0.3, 0.4) is 0 Å². The zero-order valence-electron chi connectivity index (χ0n) is 12.3. The molecule has 0 bridgehead atoms. The van der Waals surface area contributed by atoms with Crippen molar-refractivity contribution in [2.45, 2.75) is 44.7 Å². The quantitative estimate of drug-likeness (QED) is 0.739. The SMILES string of the molecule is CCC1CN2CCCCC2CN1c1c(Cl)cc(F)cc1Br. The van der Waals surface area contributed by atoms with E-state index in [4.69, 9.17) is 11.6 Å². The van der Waals surface area contributed by atoms with Gasteiger partial charge in [-0.05, 0) is 53.9 Å². The van der Waals surface area contributed by atoms with Crippen molar-refractivity contribution in [2.24, 2.45) is 0 Å². The summed E-state index contributed by atoms with van der Waals surface area (Å²) in [7, 11) is 0. The third-order valence-corrected chi connectivity index (χ3v) is 5.68. The van der Waals surface area contributed by atoms with Gasteiger partial charge in [-0.2, -0.15) is 0 Å². The molecule has 2 aliphatic rings. The molecule has 0 aromatic heterocycles. The van der Waals surface area contributed by atoms with Crippen molar-refractivity contribution in [1.29, 1.82) is 0 Å². The first-order valence-electron chi connectivity index (χ1n) is 7.75. The summed E-state index contributed by atoms with van der Waals surface area (Å²) in [5.41, 5.74) is 0.954. The average Bonchev–Trinajstić information content (AvgIpc) is 2.45. The van der Waals surface area contributed by atoms with Crippen molar-refractivity contribution >= 4 is 33.2 Å². The van der Waals surface area contributed by atoms with E-state index in [-0.39, 0.29) is 5.82 Å². The van der Waals surface area contributed by atoms with Crippen molar-refractivity contribution in [2.75, 3.05) is 24.5 Å². The first kappa shape index (κ1) is 15.6. The number of hydrogen-bond acceptors (Lipinski definition) is 2. The van der Waals surface area contributed by atoms with Gasteiger partial charge in [-0.25, -0.2) is 4.39 Å². The predicted octanol–water partition coefficient (Wildman–Crippen LogP) is 4.69. The summed E-state index contributed by atoms with van der Waals surface area (Å²) in [6, 6.07) is 3.98. The lowest BCUT2D eigenvalue weighted by molar-refractivity contribution is 0.111. The van der Waals surface area contributed by atoms with Crippen molar-refractivity contribution in [3.8, 4) is 0 Å². The van der Waals surface area contributed by atoms with Crippen LogP contribution in [0.2, 0.25) is 5.02 Å². The number of nitrogens with zero attached hydrogens (tertiary/aromatic N) is 2. The molecule has 116 valence electrons. The molecule has 0 N–H and O–H groups in total. The summed E-state index contributed by atoms with van der Waals surface area (Å²) >= 11 is 9.84. The van der Waals surface area contributed by atoms with Crippen molar-refractivity contribution < 1.29 is 4.39 Å². The maximum Gasteiger partial charge on any atom is 0.125 e. The molecule has 2 atom stereocenters. The Bertz CT molecular complexity index is 502. The van der Waals surface area contributed by atoms with E-state index >= 15 is 0 Å². The maximum atomic E-state index is 13.5. The van der Waals surface area contributed by atoms with E-state index in [0.29, 0.717) is 17.1 Å². The lowest BCUT2D eigenvalue weighted by Crippen LogP contribution is -2.59. The summed E-state index contributed by atoms with van der Waals surface area (Å²) in [5, 5.41) is 0.504. The normalized spacial score (nSPS) is 26.8. The Morgan fingerprint density at radius 1 is 1.33 bits per heavy atom. The van der Waals surface area contributed by atoms with Gasteiger partial charge < -0.3 is 4.90 Å². The fourth-order valence-electron chi connectivity index (χ4n) is 3.68. The minimum atomic E-state index is -0.292. The van der Waals surface area contributed by atoms with Gasteiger partial charge in [-0.1, -0.05) is 24.9 Å². The number of fused-ring (bicyclic) bond motifs is 1. The maximum absolute atomic E-state index is 13.5. The number of halogens is 3. The zero-order chi connectivity index (χ0) is 15.0. The van der Waals surface area contributed by atoms with E-state index in [0.717, 1.165) is 29.7 Å². The molecule has 1 aromatic rings. The Hall–Kier alpha value is -0.320. The van der Waals surface area contributed by atoms with Crippen LogP contribution in [0.5, 0.6) is 0 Å². The highest BCUT2D eigenvalue weighted by Gasteiger charge is 2.35. The minimum Gasteiger partial charge on any atom is -0.364 e. The number of piperazine rings is 1. The Labute approximate surface area is 139 Å². The Balaban J connectivity index is 1.92. The molecule has 5 heteroatoms. The summed E-state index contributed by atoms with van der Waals surface area (Å²) in [6.45, 7) is 5.50. The highest BCUT2D eigenvalue weighted by atomic mass is 79.9. The first-order chi connectivity index (χ1) is 10.1. The number of benzene rings is 1. The largest absolute Gasteiger partial charge is 0.364 e. The van der Waals surface area contributed by atoms with E-state index < -0.39 is 0 Å². The van der Waals surface area contributed by atoms with Gasteiger partial charge in [0, 0.05) is 29.6 Å². The van der Waals surface area contributed by atoms with E-state index in [1.165, 1.54) is 37.9 Å². The monoisotopic (exact) mass is 374 g/mol. The average molecular weight is 376 g/mol. The van der Waals surface area contributed by atoms with Crippen molar-refractivity contribution in [1.82, 2.24) is 4.90 Å². The van der Waals surface area contributed by atoms with Gasteiger partial charge in [0.2, 0.25) is 0 Å². The smallest absolute Gasteiger partial charge is 0.125 e. The van der Waals surface area contributed by atoms with Gasteiger partial charge in [-0.15, -0.1) is 0 Å². The molecule has 2 saturated heterocycles. The number of hydrogen-bond donors (Lipinski definition) is 0. The second kappa shape index (κ2) is 6.43. The molecule has 2 nitrogen and oxygen atoms in total. The van der Waals surface area contributed by atoms with Crippen molar-refractivity contribution in [3.63, 3.8) is 0 Å². The predicted molar refractivity (Wildman–Crippen MR) is 89.7 cm³/mol. The molecule has 3 rings (SSSR count). The van der Waals surface area contributed by atoms with Crippen LogP contribution in [-0.2, 0) is 0 Å². The summed E-state index contributed by atoms with van der Waals surface area (Å²) in [5.74, 6) is -0.292. The standard InChI is InChI=1S/C16H21BrClFN2/c1-2-12-9-20-6-4-3-5-13(20)10-21(12)16-14(17)7-11(19)8-15(16)18/h7-8,12-13H,2-6,9-10H2,1H3. The lowest BCUT2D eigenvalue weighted by Gasteiger charge is -2.49. The molecule has 2 unspecified atom stereocenters. The van der Waals surface area contributed by atoms with Gasteiger partial charge in [0.15, 0.2) is 0 Å². The van der Waals surface area contributed by atoms with Crippen LogP contribution in [0.25, 0.3) is 0 Å². The van der Waals surface area contributed by atoms with Gasteiger partial charge in [-0.3, -0.25) is 4.90 Å². The van der Waals surface area contributed by atoms with Gasteiger partial charge in [0.1, 0.15) is 5.82 Å². The van der Waals surface area contributed by atoms with Crippen LogP contribution in [-0.4, -0.2) is 36.6 Å². The van der Waals surface area contributed by atoms with Crippen LogP contribution >= 0.6 is 27.5 Å². The van der Waals surface area contributed by atoms with Gasteiger partial charge >= 0.3 is 0 Å². The molecule has 0 aliphatic carbocycles. The summed E-state index contributed by atoms with van der Waals surface area (Å²) in [4.78, 5) is 5.01. The first-order valence-corrected chi connectivity index (χ1v) is 8.92. The van der Waals surface area contributed by atoms with Crippen molar-refractivity contribution in [3.05, 3.63) is 27.4 Å². The fourth-order valence-corrected chi connectivity index (χ4v) is 4.77. The molecule has 0 saturated carbocycles. The number of anilines is 1. The zero-order valence-corrected chi connectivity index (χ0v) is 14.6. The van der Waals surface area contributed by atoms with Crippen LogP contribution in [0.1, 0.15) is 32.6 Å². The second-order valence-electron chi connectivity index (χ2n) is 6.08. The lowest BCUT2D eigenvalue weighted by atomic mass is 9.95.